The molecule has 0 heterocycles. The summed E-state index contributed by atoms with van der Waals surface area (Å²) in [5, 5.41) is 2.70. The van der Waals surface area contributed by atoms with Gasteiger partial charge in [0.25, 0.3) is 5.91 Å². The number of anilines is 1. The van der Waals surface area contributed by atoms with E-state index in [9.17, 15) is 22.8 Å². The number of rotatable bonds is 4. The lowest BCUT2D eigenvalue weighted by Gasteiger charge is -2.12. The van der Waals surface area contributed by atoms with Crippen LogP contribution in [0.3, 0.4) is 0 Å². The van der Waals surface area contributed by atoms with Crippen molar-refractivity contribution in [2.75, 3.05) is 5.32 Å². The number of hydrogen-bond donors (Lipinski definition) is 2. The van der Waals surface area contributed by atoms with Crippen molar-refractivity contribution in [1.29, 1.82) is 0 Å². The van der Waals surface area contributed by atoms with Crippen LogP contribution in [0.5, 0.6) is 0 Å². The first-order chi connectivity index (χ1) is 13.3. The van der Waals surface area contributed by atoms with Gasteiger partial charge in [0, 0.05) is 16.8 Å². The van der Waals surface area contributed by atoms with Crippen molar-refractivity contribution < 1.29 is 22.8 Å². The lowest BCUT2D eigenvalue weighted by molar-refractivity contribution is -0.137. The lowest BCUT2D eigenvalue weighted by Crippen LogP contribution is -2.14. The third-order valence-corrected chi connectivity index (χ3v) is 4.12. The smallest absolute Gasteiger partial charge is 0.366 e. The van der Waals surface area contributed by atoms with Crippen molar-refractivity contribution in [3.8, 4) is 11.1 Å². The molecule has 0 spiro atoms. The Kier molecular flexibility index (Phi) is 5.17. The molecule has 0 atom stereocenters. The number of hydrogen-bond acceptors (Lipinski definition) is 2. The van der Waals surface area contributed by atoms with E-state index < -0.39 is 23.6 Å². The van der Waals surface area contributed by atoms with Gasteiger partial charge in [-0.2, -0.15) is 13.2 Å². The van der Waals surface area contributed by atoms with Gasteiger partial charge in [-0.05, 0) is 53.6 Å². The van der Waals surface area contributed by atoms with Crippen molar-refractivity contribution in [2.45, 2.75) is 6.18 Å². The fraction of sp³-hybridized carbons (Fsp3) is 0.0476. The van der Waals surface area contributed by atoms with E-state index >= 15 is 0 Å². The highest BCUT2D eigenvalue weighted by molar-refractivity contribution is 6.08. The number of amides is 2. The molecule has 0 radical (unpaired) electrons. The summed E-state index contributed by atoms with van der Waals surface area (Å²) in [4.78, 5) is 23.8. The van der Waals surface area contributed by atoms with Crippen LogP contribution < -0.4 is 11.1 Å². The van der Waals surface area contributed by atoms with E-state index in [0.717, 1.165) is 12.1 Å². The molecular formula is C21H15F3N2O2. The second kappa shape index (κ2) is 7.56. The van der Waals surface area contributed by atoms with E-state index in [2.05, 4.69) is 5.32 Å². The van der Waals surface area contributed by atoms with Crippen LogP contribution in [0.1, 0.15) is 26.3 Å². The molecule has 3 N–H and O–H groups in total. The molecule has 142 valence electrons. The highest BCUT2D eigenvalue weighted by Gasteiger charge is 2.30. The van der Waals surface area contributed by atoms with Gasteiger partial charge in [0.2, 0.25) is 5.91 Å². The summed E-state index contributed by atoms with van der Waals surface area (Å²) < 4.78 is 38.3. The van der Waals surface area contributed by atoms with Crippen molar-refractivity contribution in [3.63, 3.8) is 0 Å². The predicted molar refractivity (Wildman–Crippen MR) is 99.8 cm³/mol. The predicted octanol–water partition coefficient (Wildman–Crippen LogP) is 4.72. The van der Waals surface area contributed by atoms with Crippen LogP contribution in [0, 0.1) is 0 Å². The number of nitrogens with two attached hydrogens (primary N) is 1. The van der Waals surface area contributed by atoms with Gasteiger partial charge in [-0.3, -0.25) is 9.59 Å². The third-order valence-electron chi connectivity index (χ3n) is 4.12. The summed E-state index contributed by atoms with van der Waals surface area (Å²) >= 11 is 0. The molecular weight excluding hydrogens is 369 g/mol. The largest absolute Gasteiger partial charge is 0.416 e. The SMILES string of the molecule is NC(=O)c1ccc(NC(=O)c2ccccc2-c2ccc(C(F)(F)F)cc2)cc1. The van der Waals surface area contributed by atoms with Crippen molar-refractivity contribution in [3.05, 3.63) is 89.5 Å². The summed E-state index contributed by atoms with van der Waals surface area (Å²) in [5.74, 6) is -1.01. The summed E-state index contributed by atoms with van der Waals surface area (Å²) in [6, 6.07) is 17.3. The van der Waals surface area contributed by atoms with E-state index in [4.69, 9.17) is 5.73 Å². The number of carbonyl (C=O) groups excluding carboxylic acids is 2. The second-order valence-electron chi connectivity index (χ2n) is 6.02. The molecule has 3 rings (SSSR count). The summed E-state index contributed by atoms with van der Waals surface area (Å²) in [6.45, 7) is 0. The second-order valence-corrected chi connectivity index (χ2v) is 6.02. The zero-order valence-electron chi connectivity index (χ0n) is 14.5. The molecule has 0 saturated carbocycles. The zero-order chi connectivity index (χ0) is 20.3. The highest BCUT2D eigenvalue weighted by atomic mass is 19.4. The number of halogens is 3. The molecule has 7 heteroatoms. The maximum Gasteiger partial charge on any atom is 0.416 e. The van der Waals surface area contributed by atoms with Gasteiger partial charge in [0.1, 0.15) is 0 Å². The summed E-state index contributed by atoms with van der Waals surface area (Å²) in [7, 11) is 0. The van der Waals surface area contributed by atoms with Gasteiger partial charge in [-0.1, -0.05) is 30.3 Å². The molecule has 0 aliphatic heterocycles. The van der Waals surface area contributed by atoms with E-state index in [-0.39, 0.29) is 0 Å². The number of primary amides is 1. The Morgan fingerprint density at radius 1 is 0.821 bits per heavy atom. The minimum Gasteiger partial charge on any atom is -0.366 e. The monoisotopic (exact) mass is 384 g/mol. The van der Waals surface area contributed by atoms with Crippen LogP contribution in [0.2, 0.25) is 0 Å². The maximum atomic E-state index is 12.8. The van der Waals surface area contributed by atoms with Gasteiger partial charge >= 0.3 is 6.18 Å². The molecule has 0 bridgehead atoms. The average molecular weight is 384 g/mol. The average Bonchev–Trinajstić information content (AvgIpc) is 2.68. The molecule has 0 aliphatic carbocycles. The number of alkyl halides is 3. The number of carbonyl (C=O) groups is 2. The Hall–Kier alpha value is -3.61. The molecule has 2 amide bonds. The van der Waals surface area contributed by atoms with Gasteiger partial charge in [0.05, 0.1) is 5.56 Å². The first-order valence-corrected chi connectivity index (χ1v) is 8.23. The van der Waals surface area contributed by atoms with E-state index in [1.54, 1.807) is 36.4 Å². The summed E-state index contributed by atoms with van der Waals surface area (Å²) in [5.41, 5.74) is 6.49. The Labute approximate surface area is 158 Å². The van der Waals surface area contributed by atoms with Crippen molar-refractivity contribution >= 4 is 17.5 Å². The topological polar surface area (TPSA) is 72.2 Å². The molecule has 0 aliphatic rings. The standard InChI is InChI=1S/C21H15F3N2O2/c22-21(23,24)15-9-5-13(6-10-15)17-3-1-2-4-18(17)20(28)26-16-11-7-14(8-12-16)19(25)27/h1-12H,(H2,25,27)(H,26,28). The normalized spacial score (nSPS) is 11.1. The molecule has 0 fully saturated rings. The van der Waals surface area contributed by atoms with Crippen LogP contribution in [0.25, 0.3) is 11.1 Å². The molecule has 4 nitrogen and oxygen atoms in total. The fourth-order valence-electron chi connectivity index (χ4n) is 2.69. The van der Waals surface area contributed by atoms with Gasteiger partial charge < -0.3 is 11.1 Å². The van der Waals surface area contributed by atoms with Crippen molar-refractivity contribution in [1.82, 2.24) is 0 Å². The minimum atomic E-state index is -4.42. The first-order valence-electron chi connectivity index (χ1n) is 8.23. The zero-order valence-corrected chi connectivity index (χ0v) is 14.5. The Morgan fingerprint density at radius 2 is 1.43 bits per heavy atom. The number of benzene rings is 3. The van der Waals surface area contributed by atoms with Crippen LogP contribution in [0.15, 0.2) is 72.8 Å². The maximum absolute atomic E-state index is 12.8. The quantitative estimate of drug-likeness (QED) is 0.683. The van der Waals surface area contributed by atoms with E-state index in [1.165, 1.54) is 24.3 Å². The molecule has 3 aromatic rings. The fourth-order valence-corrected chi connectivity index (χ4v) is 2.69. The molecule has 3 aromatic carbocycles. The lowest BCUT2D eigenvalue weighted by atomic mass is 9.98. The Bertz CT molecular complexity index is 1010. The van der Waals surface area contributed by atoms with E-state index in [0.29, 0.717) is 27.9 Å². The molecule has 0 aromatic heterocycles. The van der Waals surface area contributed by atoms with Crippen LogP contribution in [-0.2, 0) is 6.18 Å². The molecule has 28 heavy (non-hydrogen) atoms. The van der Waals surface area contributed by atoms with Crippen LogP contribution in [0.4, 0.5) is 18.9 Å². The van der Waals surface area contributed by atoms with Crippen LogP contribution in [-0.4, -0.2) is 11.8 Å². The van der Waals surface area contributed by atoms with E-state index in [1.807, 2.05) is 0 Å². The minimum absolute atomic E-state index is 0.307. The highest BCUT2D eigenvalue weighted by Crippen LogP contribution is 2.32. The van der Waals surface area contributed by atoms with Crippen LogP contribution >= 0.6 is 0 Å². The van der Waals surface area contributed by atoms with Gasteiger partial charge in [-0.25, -0.2) is 0 Å². The van der Waals surface area contributed by atoms with Crippen molar-refractivity contribution in [2.24, 2.45) is 5.73 Å². The Morgan fingerprint density at radius 3 is 2.00 bits per heavy atom. The third kappa shape index (κ3) is 4.20. The number of nitrogens with one attached hydrogen (secondary N) is 1. The van der Waals surface area contributed by atoms with Gasteiger partial charge in [-0.15, -0.1) is 0 Å². The first kappa shape index (κ1) is 19.2. The molecule has 0 saturated heterocycles. The summed E-state index contributed by atoms with van der Waals surface area (Å²) in [6.07, 6.45) is -4.42. The Balaban J connectivity index is 1.87. The molecule has 0 unspecified atom stereocenters. The van der Waals surface area contributed by atoms with Gasteiger partial charge in [0.15, 0.2) is 0 Å².